The third kappa shape index (κ3) is 3.79. The van der Waals surface area contributed by atoms with Gasteiger partial charge in [-0.15, -0.1) is 15.3 Å². The molecule has 0 unspecified atom stereocenters. The van der Waals surface area contributed by atoms with Gasteiger partial charge in [0.1, 0.15) is 5.69 Å². The normalized spacial score (nSPS) is 12.6. The highest BCUT2D eigenvalue weighted by Gasteiger charge is 2.36. The molecule has 15 heteroatoms. The summed E-state index contributed by atoms with van der Waals surface area (Å²) in [6.45, 7) is -0.488. The molecule has 0 radical (unpaired) electrons. The van der Waals surface area contributed by atoms with Crippen LogP contribution in [0, 0.1) is 0 Å². The van der Waals surface area contributed by atoms with Crippen LogP contribution < -0.4 is 5.32 Å². The van der Waals surface area contributed by atoms with Crippen LogP contribution in [0.25, 0.3) is 5.65 Å². The Morgan fingerprint density at radius 3 is 2.57 bits per heavy atom. The number of fused-ring (bicyclic) bond motifs is 1. The molecule has 3 aromatic rings. The molecule has 3 heterocycles. The Labute approximate surface area is 155 Å². The van der Waals surface area contributed by atoms with E-state index in [2.05, 4.69) is 25.7 Å². The molecule has 28 heavy (non-hydrogen) atoms. The summed E-state index contributed by atoms with van der Waals surface area (Å²) in [5.41, 5.74) is -1.84. The molecule has 0 saturated carbocycles. The predicted molar refractivity (Wildman–Crippen MR) is 86.6 cm³/mol. The number of hydrogen-bond acceptors (Lipinski definition) is 8. The highest BCUT2D eigenvalue weighted by Crippen LogP contribution is 2.31. The number of pyridine rings is 1. The molecule has 0 aliphatic heterocycles. The zero-order chi connectivity index (χ0) is 20.7. The van der Waals surface area contributed by atoms with Crippen LogP contribution in [-0.4, -0.2) is 56.7 Å². The van der Waals surface area contributed by atoms with Crippen molar-refractivity contribution >= 4 is 27.6 Å². The molecule has 0 atom stereocenters. The van der Waals surface area contributed by atoms with Crippen molar-refractivity contribution in [3.05, 3.63) is 35.6 Å². The summed E-state index contributed by atoms with van der Waals surface area (Å²) in [5, 5.41) is 16.3. The second kappa shape index (κ2) is 6.83. The van der Waals surface area contributed by atoms with E-state index < -0.39 is 40.0 Å². The summed E-state index contributed by atoms with van der Waals surface area (Å²) in [7, 11) is -2.52. The first kappa shape index (κ1) is 19.7. The van der Waals surface area contributed by atoms with Crippen molar-refractivity contribution < 1.29 is 30.8 Å². The van der Waals surface area contributed by atoms with E-state index in [-0.39, 0.29) is 17.4 Å². The highest BCUT2D eigenvalue weighted by molar-refractivity contribution is 7.88. The number of alkyl halides is 3. The van der Waals surface area contributed by atoms with Crippen LogP contribution in [0.4, 0.5) is 19.2 Å². The average molecular weight is 419 g/mol. The Hall–Kier alpha value is -3.07. The fraction of sp³-hybridized carbons (Fsp3) is 0.308. The van der Waals surface area contributed by atoms with Crippen molar-refractivity contribution in [2.24, 2.45) is 0 Å². The Bertz CT molecular complexity index is 1130. The molecule has 150 valence electrons. The quantitative estimate of drug-likeness (QED) is 0.641. The minimum absolute atomic E-state index is 0.257. The van der Waals surface area contributed by atoms with E-state index in [1.165, 1.54) is 7.05 Å². The maximum absolute atomic E-state index is 13.4. The van der Waals surface area contributed by atoms with E-state index in [4.69, 9.17) is 4.42 Å². The lowest BCUT2D eigenvalue weighted by Gasteiger charge is -2.16. The maximum atomic E-state index is 13.4. The second-order valence-electron chi connectivity index (χ2n) is 5.62. The van der Waals surface area contributed by atoms with Crippen molar-refractivity contribution in [1.29, 1.82) is 0 Å². The van der Waals surface area contributed by atoms with Gasteiger partial charge in [0.2, 0.25) is 16.4 Å². The zero-order valence-electron chi connectivity index (χ0n) is 14.3. The van der Waals surface area contributed by atoms with E-state index in [0.29, 0.717) is 10.5 Å². The standard InChI is InChI=1S/C13H12F3N7O4S/c1-22(28(2,25)26)5-9-19-20-10-7(11(24)18-12-21-17-6-27-12)3-4-8(23(9)10)13(14,15)16/h3-4,6H,5H2,1-2H3,(H,18,21,24). The van der Waals surface area contributed by atoms with Gasteiger partial charge in [-0.3, -0.25) is 14.5 Å². The summed E-state index contributed by atoms with van der Waals surface area (Å²) >= 11 is 0. The number of aromatic nitrogens is 5. The molecule has 0 bridgehead atoms. The summed E-state index contributed by atoms with van der Waals surface area (Å²) in [5.74, 6) is -1.18. The van der Waals surface area contributed by atoms with E-state index >= 15 is 0 Å². The lowest BCUT2D eigenvalue weighted by Crippen LogP contribution is -2.27. The van der Waals surface area contributed by atoms with Gasteiger partial charge in [0.25, 0.3) is 5.91 Å². The number of nitrogens with one attached hydrogen (secondary N) is 1. The van der Waals surface area contributed by atoms with Gasteiger partial charge in [0.15, 0.2) is 11.5 Å². The van der Waals surface area contributed by atoms with Crippen LogP contribution in [0.15, 0.2) is 22.9 Å². The van der Waals surface area contributed by atoms with Crippen molar-refractivity contribution in [3.8, 4) is 0 Å². The van der Waals surface area contributed by atoms with Gasteiger partial charge < -0.3 is 4.42 Å². The molecule has 3 rings (SSSR count). The lowest BCUT2D eigenvalue weighted by atomic mass is 10.2. The minimum atomic E-state index is -4.81. The first-order valence-electron chi connectivity index (χ1n) is 7.41. The van der Waals surface area contributed by atoms with Crippen LogP contribution in [0.2, 0.25) is 0 Å². The van der Waals surface area contributed by atoms with Crippen molar-refractivity contribution in [1.82, 2.24) is 29.1 Å². The van der Waals surface area contributed by atoms with Crippen LogP contribution in [0.1, 0.15) is 21.9 Å². The average Bonchev–Trinajstić information content (AvgIpc) is 3.22. The minimum Gasteiger partial charge on any atom is -0.411 e. The molecule has 0 aromatic carbocycles. The third-order valence-corrected chi connectivity index (χ3v) is 4.93. The Balaban J connectivity index is 2.12. The third-order valence-electron chi connectivity index (χ3n) is 3.67. The number of hydrogen-bond donors (Lipinski definition) is 1. The Kier molecular flexibility index (Phi) is 4.80. The molecule has 11 nitrogen and oxygen atoms in total. The SMILES string of the molecule is CN(Cc1nnc2c(C(=O)Nc3nnco3)ccc(C(F)(F)F)n12)S(C)(=O)=O. The first-order chi connectivity index (χ1) is 13.0. The molecule has 1 amide bonds. The van der Waals surface area contributed by atoms with Gasteiger partial charge in [-0.1, -0.05) is 5.10 Å². The lowest BCUT2D eigenvalue weighted by molar-refractivity contribution is -0.142. The molecule has 0 fully saturated rings. The summed E-state index contributed by atoms with van der Waals surface area (Å²) in [6.07, 6.45) is -2.96. The molecular formula is C13H12F3N7O4S. The summed E-state index contributed by atoms with van der Waals surface area (Å²) in [4.78, 5) is 12.4. The number of amides is 1. The van der Waals surface area contributed by atoms with E-state index in [9.17, 15) is 26.4 Å². The smallest absolute Gasteiger partial charge is 0.411 e. The molecule has 0 aliphatic rings. The van der Waals surface area contributed by atoms with Crippen molar-refractivity contribution in [2.45, 2.75) is 12.7 Å². The number of carbonyl (C=O) groups is 1. The predicted octanol–water partition coefficient (Wildman–Crippen LogP) is 0.775. The van der Waals surface area contributed by atoms with E-state index in [0.717, 1.165) is 23.0 Å². The van der Waals surface area contributed by atoms with Gasteiger partial charge in [-0.2, -0.15) is 17.5 Å². The number of sulfonamides is 1. The molecule has 0 spiro atoms. The Morgan fingerprint density at radius 2 is 2.00 bits per heavy atom. The second-order valence-corrected chi connectivity index (χ2v) is 7.71. The number of rotatable bonds is 5. The van der Waals surface area contributed by atoms with Gasteiger partial charge >= 0.3 is 12.2 Å². The van der Waals surface area contributed by atoms with Crippen LogP contribution in [0.5, 0.6) is 0 Å². The maximum Gasteiger partial charge on any atom is 0.431 e. The number of halogens is 3. The fourth-order valence-electron chi connectivity index (χ4n) is 2.26. The van der Waals surface area contributed by atoms with Gasteiger partial charge in [-0.05, 0) is 12.1 Å². The number of carbonyl (C=O) groups excluding carboxylic acids is 1. The van der Waals surface area contributed by atoms with Crippen LogP contribution in [-0.2, 0) is 22.7 Å². The Morgan fingerprint density at radius 1 is 1.29 bits per heavy atom. The number of anilines is 1. The van der Waals surface area contributed by atoms with Crippen LogP contribution in [0.3, 0.4) is 0 Å². The highest BCUT2D eigenvalue weighted by atomic mass is 32.2. The van der Waals surface area contributed by atoms with Gasteiger partial charge in [-0.25, -0.2) is 8.42 Å². The monoisotopic (exact) mass is 419 g/mol. The molecule has 0 aliphatic carbocycles. The van der Waals surface area contributed by atoms with Gasteiger partial charge in [0.05, 0.1) is 18.4 Å². The van der Waals surface area contributed by atoms with Gasteiger partial charge in [0, 0.05) is 7.05 Å². The number of nitrogens with zero attached hydrogens (tertiary/aromatic N) is 6. The molecule has 1 N–H and O–H groups in total. The van der Waals surface area contributed by atoms with Crippen molar-refractivity contribution in [3.63, 3.8) is 0 Å². The summed E-state index contributed by atoms with van der Waals surface area (Å²) in [6, 6.07) is 1.32. The fourth-order valence-corrected chi connectivity index (χ4v) is 2.61. The molecular weight excluding hydrogens is 407 g/mol. The van der Waals surface area contributed by atoms with Crippen LogP contribution >= 0.6 is 0 Å². The zero-order valence-corrected chi connectivity index (χ0v) is 15.1. The first-order valence-corrected chi connectivity index (χ1v) is 9.26. The molecule has 3 aromatic heterocycles. The van der Waals surface area contributed by atoms with Crippen molar-refractivity contribution in [2.75, 3.05) is 18.6 Å². The molecule has 0 saturated heterocycles. The summed E-state index contributed by atoms with van der Waals surface area (Å²) < 4.78 is 69.7. The van der Waals surface area contributed by atoms with E-state index in [1.54, 1.807) is 0 Å². The topological polar surface area (TPSA) is 136 Å². The van der Waals surface area contributed by atoms with E-state index in [1.807, 2.05) is 0 Å². The largest absolute Gasteiger partial charge is 0.431 e.